The number of phosphoric acid groups is 1. The highest BCUT2D eigenvalue weighted by molar-refractivity contribution is 7.47. The van der Waals surface area contributed by atoms with Crippen LogP contribution in [-0.4, -0.2) is 114 Å². The van der Waals surface area contributed by atoms with E-state index in [1.165, 1.54) is 10.9 Å². The first-order valence-electron chi connectivity index (χ1n) is 12.8. The van der Waals surface area contributed by atoms with Crippen molar-refractivity contribution in [1.82, 2.24) is 39.0 Å². The van der Waals surface area contributed by atoms with Crippen LogP contribution in [0.25, 0.3) is 22.3 Å². The fourth-order valence-corrected chi connectivity index (χ4v) is 6.17. The molecule has 25 heteroatoms. The molecule has 0 amide bonds. The number of aliphatic hydroxyl groups excluding tert-OH is 3. The quantitative estimate of drug-likeness (QED) is 0.0785. The van der Waals surface area contributed by atoms with Crippen LogP contribution in [0.4, 0.5) is 11.8 Å². The Hall–Kier alpha value is -3.57. The summed E-state index contributed by atoms with van der Waals surface area (Å²) in [5, 5.41) is 32.1. The molecule has 2 fully saturated rings. The zero-order chi connectivity index (χ0) is 32.2. The van der Waals surface area contributed by atoms with Crippen molar-refractivity contribution in [3.63, 3.8) is 0 Å². The predicted octanol–water partition coefficient (Wildman–Crippen LogP) is -2.83. The molecular weight excluding hydrogens is 650 g/mol. The molecule has 4 aromatic rings. The Morgan fingerprint density at radius 3 is 2.36 bits per heavy atom. The lowest BCUT2D eigenvalue weighted by Crippen LogP contribution is -2.36. The number of imidazole rings is 2. The van der Waals surface area contributed by atoms with Crippen LogP contribution in [0.2, 0.25) is 0 Å². The van der Waals surface area contributed by atoms with Gasteiger partial charge in [-0.1, -0.05) is 0 Å². The summed E-state index contributed by atoms with van der Waals surface area (Å²) in [5.41, 5.74) is 10.8. The van der Waals surface area contributed by atoms with Gasteiger partial charge in [-0.2, -0.15) is 4.98 Å². The fraction of sp³-hybridized carbons (Fsp3) is 0.500. The summed E-state index contributed by atoms with van der Waals surface area (Å²) in [6.45, 7) is -1.44. The molecule has 0 aromatic carbocycles. The number of aliphatic hydroxyl groups is 3. The van der Waals surface area contributed by atoms with Crippen molar-refractivity contribution in [2.75, 3.05) is 24.7 Å². The SMILES string of the molecule is Nc1nc2c(ncn2[C@@H]2OC(CO[P+](=O)O)[C@@H](O)[C@H]2OP(=O)(O)OCC2O[C@@H](n3cnc4c(N)ncnc43)[C@H](O)[C@@H]2O)c(=O)[nH]1. The first-order chi connectivity index (χ1) is 21.3. The smallest absolute Gasteiger partial charge is 0.387 e. The molecule has 242 valence electrons. The second kappa shape index (κ2) is 12.0. The van der Waals surface area contributed by atoms with E-state index in [9.17, 15) is 34.1 Å². The van der Waals surface area contributed by atoms with Gasteiger partial charge in [0.25, 0.3) is 5.56 Å². The minimum absolute atomic E-state index is 0.0649. The first kappa shape index (κ1) is 31.4. The summed E-state index contributed by atoms with van der Waals surface area (Å²) in [4.78, 5) is 54.0. The molecule has 4 unspecified atom stereocenters. The average molecular weight is 675 g/mol. The predicted molar refractivity (Wildman–Crippen MR) is 145 cm³/mol. The van der Waals surface area contributed by atoms with Crippen molar-refractivity contribution in [3.8, 4) is 0 Å². The molecular formula is C20H25N10O13P2+. The lowest BCUT2D eigenvalue weighted by atomic mass is 10.1. The largest absolute Gasteiger partial charge is 0.694 e. The molecule has 2 aliphatic rings. The van der Waals surface area contributed by atoms with E-state index in [0.717, 1.165) is 17.2 Å². The molecule has 4 aromatic heterocycles. The number of anilines is 2. The fourth-order valence-electron chi connectivity index (χ4n) is 4.96. The second-order valence-corrected chi connectivity index (χ2v) is 12.0. The maximum Gasteiger partial charge on any atom is 0.694 e. The molecule has 45 heavy (non-hydrogen) atoms. The summed E-state index contributed by atoms with van der Waals surface area (Å²) < 4.78 is 52.9. The third-order valence-electron chi connectivity index (χ3n) is 7.04. The lowest BCUT2D eigenvalue weighted by Gasteiger charge is -2.24. The van der Waals surface area contributed by atoms with Crippen LogP contribution < -0.4 is 17.0 Å². The van der Waals surface area contributed by atoms with Crippen molar-refractivity contribution in [2.45, 2.75) is 49.1 Å². The van der Waals surface area contributed by atoms with E-state index in [1.54, 1.807) is 0 Å². The van der Waals surface area contributed by atoms with Gasteiger partial charge >= 0.3 is 16.1 Å². The molecule has 10 atom stereocenters. The summed E-state index contributed by atoms with van der Waals surface area (Å²) in [7, 11) is -8.25. The Kier molecular flexibility index (Phi) is 8.36. The Morgan fingerprint density at radius 2 is 1.62 bits per heavy atom. The third kappa shape index (κ3) is 5.92. The highest BCUT2D eigenvalue weighted by Gasteiger charge is 2.51. The number of nitrogens with zero attached hydrogens (tertiary/aromatic N) is 7. The normalized spacial score (nSPS) is 30.3. The maximum atomic E-state index is 13.1. The number of nitrogens with one attached hydrogen (secondary N) is 1. The number of rotatable bonds is 10. The zero-order valence-electron chi connectivity index (χ0n) is 22.4. The lowest BCUT2D eigenvalue weighted by molar-refractivity contribution is -0.0609. The van der Waals surface area contributed by atoms with Crippen LogP contribution in [0.3, 0.4) is 0 Å². The molecule has 0 radical (unpaired) electrons. The number of hydrogen-bond acceptors (Lipinski definition) is 18. The van der Waals surface area contributed by atoms with Crippen molar-refractivity contribution < 1.29 is 57.3 Å². The van der Waals surface area contributed by atoms with Gasteiger partial charge in [-0.3, -0.25) is 28.0 Å². The summed E-state index contributed by atoms with van der Waals surface area (Å²) in [5.74, 6) is -0.232. The number of H-pyrrole nitrogens is 1. The van der Waals surface area contributed by atoms with E-state index < -0.39 is 83.9 Å². The van der Waals surface area contributed by atoms with Gasteiger partial charge in [0.15, 0.2) is 35.1 Å². The van der Waals surface area contributed by atoms with E-state index in [2.05, 4.69) is 34.4 Å². The Balaban J connectivity index is 1.20. The highest BCUT2D eigenvalue weighted by atomic mass is 31.2. The number of ether oxygens (including phenoxy) is 2. The molecule has 0 bridgehead atoms. The molecule has 23 nitrogen and oxygen atoms in total. The van der Waals surface area contributed by atoms with Gasteiger partial charge in [0, 0.05) is 4.57 Å². The maximum absolute atomic E-state index is 13.1. The minimum atomic E-state index is -5.15. The molecule has 6 heterocycles. The Morgan fingerprint density at radius 1 is 0.956 bits per heavy atom. The zero-order valence-corrected chi connectivity index (χ0v) is 24.2. The average Bonchev–Trinajstić information content (AvgIpc) is 3.73. The Bertz CT molecular complexity index is 1850. The second-order valence-electron chi connectivity index (χ2n) is 9.83. The van der Waals surface area contributed by atoms with Crippen molar-refractivity contribution in [3.05, 3.63) is 29.3 Å². The van der Waals surface area contributed by atoms with Gasteiger partial charge in [0.1, 0.15) is 55.1 Å². The van der Waals surface area contributed by atoms with Gasteiger partial charge < -0.3 is 41.2 Å². The summed E-state index contributed by atoms with van der Waals surface area (Å²) >= 11 is 0. The van der Waals surface area contributed by atoms with Gasteiger partial charge in [-0.15, -0.1) is 9.42 Å². The van der Waals surface area contributed by atoms with Gasteiger partial charge in [0.05, 0.1) is 19.3 Å². The van der Waals surface area contributed by atoms with Gasteiger partial charge in [-0.25, -0.2) is 24.5 Å². The van der Waals surface area contributed by atoms with E-state index >= 15 is 0 Å². The van der Waals surface area contributed by atoms with Crippen molar-refractivity contribution in [1.29, 1.82) is 0 Å². The number of phosphoric ester groups is 1. The van der Waals surface area contributed by atoms with Gasteiger partial charge in [-0.05, 0) is 0 Å². The number of fused-ring (bicyclic) bond motifs is 2. The molecule has 0 aliphatic carbocycles. The monoisotopic (exact) mass is 675 g/mol. The topological polar surface area (TPSA) is 341 Å². The molecule has 10 N–H and O–H groups in total. The number of hydrogen-bond donors (Lipinski definition) is 8. The van der Waals surface area contributed by atoms with E-state index in [-0.39, 0.29) is 34.1 Å². The summed E-state index contributed by atoms with van der Waals surface area (Å²) in [6, 6.07) is 0. The van der Waals surface area contributed by atoms with Gasteiger partial charge in [0.2, 0.25) is 5.95 Å². The molecule has 2 saturated heterocycles. The van der Waals surface area contributed by atoms with Crippen LogP contribution in [0.1, 0.15) is 12.5 Å². The van der Waals surface area contributed by atoms with E-state index in [0.29, 0.717) is 0 Å². The van der Waals surface area contributed by atoms with Crippen LogP contribution in [0.5, 0.6) is 0 Å². The van der Waals surface area contributed by atoms with Crippen molar-refractivity contribution in [2.24, 2.45) is 0 Å². The number of nitrogens with two attached hydrogens (primary N) is 2. The highest BCUT2D eigenvalue weighted by Crippen LogP contribution is 2.50. The minimum Gasteiger partial charge on any atom is -0.387 e. The van der Waals surface area contributed by atoms with E-state index in [4.69, 9.17) is 34.9 Å². The molecule has 0 spiro atoms. The standard InChI is InChI=1S/C20H24N10O13P2/c21-14-8-15(24-3-23-14)29(4-25-8)18-12(33)10(31)7(41-18)2-40-45(37,38)43-13-11(32)6(1-39-44(35)36)42-19(13)30-5-26-9-16(30)27-20(22)28-17(9)34/h3-7,10-13,18-19,31-33H,1-2H2,(H6-,21,22,23,24,27,28,34,35,36,37,38)/p+1/t6?,7?,10-,11-,12-,13-,18-,19-/m1/s1. The van der Waals surface area contributed by atoms with Crippen LogP contribution in [0.15, 0.2) is 23.8 Å². The van der Waals surface area contributed by atoms with Crippen molar-refractivity contribution >= 4 is 50.2 Å². The first-order valence-corrected chi connectivity index (χ1v) is 15.4. The summed E-state index contributed by atoms with van der Waals surface area (Å²) in [6.07, 6.45) is -8.73. The number of nitrogen functional groups attached to an aromatic ring is 2. The third-order valence-corrected chi connectivity index (χ3v) is 8.40. The Labute approximate surface area is 249 Å². The number of aromatic nitrogens is 8. The molecule has 2 aliphatic heterocycles. The van der Waals surface area contributed by atoms with Crippen LogP contribution >= 0.6 is 16.1 Å². The van der Waals surface area contributed by atoms with Crippen LogP contribution in [-0.2, 0) is 32.2 Å². The molecule has 6 rings (SSSR count). The van der Waals surface area contributed by atoms with Crippen LogP contribution in [0, 0.1) is 0 Å². The van der Waals surface area contributed by atoms with E-state index in [1.807, 2.05) is 0 Å². The molecule has 0 saturated carbocycles. The number of aromatic amines is 1.